The highest BCUT2D eigenvalue weighted by atomic mass is 16.5. The lowest BCUT2D eigenvalue weighted by Crippen LogP contribution is -2.25. The van der Waals surface area contributed by atoms with Gasteiger partial charge in [0, 0.05) is 59.3 Å². The summed E-state index contributed by atoms with van der Waals surface area (Å²) in [6, 6.07) is 18.5. The molecule has 2 aliphatic carbocycles. The summed E-state index contributed by atoms with van der Waals surface area (Å²) in [4.78, 5) is 17.5. The number of benzene rings is 2. The van der Waals surface area contributed by atoms with E-state index in [4.69, 9.17) is 15.5 Å². The number of nitrogens with one attached hydrogen (secondary N) is 3. The van der Waals surface area contributed by atoms with Gasteiger partial charge in [-0.25, -0.2) is 4.98 Å². The monoisotopic (exact) mass is 551 g/mol. The second-order valence-electron chi connectivity index (χ2n) is 10.9. The minimum atomic E-state index is -0.00944. The normalized spacial score (nSPS) is 15.4. The van der Waals surface area contributed by atoms with Crippen LogP contribution in [0.5, 0.6) is 5.75 Å². The average molecular weight is 552 g/mol. The molecule has 0 radical (unpaired) electrons. The van der Waals surface area contributed by atoms with Crippen molar-refractivity contribution in [1.29, 1.82) is 0 Å². The topological polar surface area (TPSA) is 119 Å². The van der Waals surface area contributed by atoms with Gasteiger partial charge in [-0.3, -0.25) is 15.2 Å². The Morgan fingerprint density at radius 2 is 1.73 bits per heavy atom. The van der Waals surface area contributed by atoms with E-state index in [9.17, 15) is 4.79 Å². The fraction of sp³-hybridized carbons (Fsp3) is 0.344. The first kappa shape index (κ1) is 26.8. The van der Waals surface area contributed by atoms with Crippen LogP contribution in [0.3, 0.4) is 0 Å². The molecule has 41 heavy (non-hydrogen) atoms. The fourth-order valence-corrected chi connectivity index (χ4v) is 5.37. The van der Waals surface area contributed by atoms with Crippen LogP contribution in [0.2, 0.25) is 0 Å². The molecule has 2 aromatic heterocycles. The van der Waals surface area contributed by atoms with Gasteiger partial charge in [-0.05, 0) is 67.6 Å². The number of aryl methyl sites for hydroxylation is 1. The van der Waals surface area contributed by atoms with Gasteiger partial charge in [-0.2, -0.15) is 5.10 Å². The van der Waals surface area contributed by atoms with Crippen LogP contribution in [0.4, 0.5) is 17.3 Å². The second kappa shape index (κ2) is 12.0. The third kappa shape index (κ3) is 6.52. The molecule has 9 heteroatoms. The lowest BCUT2D eigenvalue weighted by Gasteiger charge is -2.25. The van der Waals surface area contributed by atoms with E-state index in [-0.39, 0.29) is 12.6 Å². The Bertz CT molecular complexity index is 1500. The highest BCUT2D eigenvalue weighted by Crippen LogP contribution is 2.35. The summed E-state index contributed by atoms with van der Waals surface area (Å²) in [6.07, 6.45) is 11.9. The Morgan fingerprint density at radius 1 is 0.951 bits per heavy atom. The van der Waals surface area contributed by atoms with E-state index >= 15 is 0 Å². The van der Waals surface area contributed by atoms with Gasteiger partial charge < -0.3 is 20.7 Å². The van der Waals surface area contributed by atoms with Gasteiger partial charge in [0.15, 0.2) is 0 Å². The predicted molar refractivity (Wildman–Crippen MR) is 162 cm³/mol. The van der Waals surface area contributed by atoms with Crippen molar-refractivity contribution in [3.63, 3.8) is 0 Å². The lowest BCUT2D eigenvalue weighted by atomic mass is 9.95. The van der Waals surface area contributed by atoms with Crippen molar-refractivity contribution in [3.8, 4) is 28.0 Å². The van der Waals surface area contributed by atoms with E-state index < -0.39 is 0 Å². The van der Waals surface area contributed by atoms with Crippen LogP contribution >= 0.6 is 0 Å². The lowest BCUT2D eigenvalue weighted by molar-refractivity contribution is 0.0951. The van der Waals surface area contributed by atoms with Crippen molar-refractivity contribution in [2.75, 3.05) is 17.4 Å². The first-order chi connectivity index (χ1) is 20.1. The SMILES string of the molecule is Cn1cc(-c2ccc(Nc3ccc(-c4ccc(C(=O)NC5CC5)cc4)c(NC4CCCCC4)n3)cc2OCN)cn1. The van der Waals surface area contributed by atoms with Crippen LogP contribution in [-0.4, -0.2) is 39.5 Å². The first-order valence-electron chi connectivity index (χ1n) is 14.5. The molecule has 2 saturated carbocycles. The van der Waals surface area contributed by atoms with Gasteiger partial charge in [-0.15, -0.1) is 0 Å². The fourth-order valence-electron chi connectivity index (χ4n) is 5.37. The number of amides is 1. The van der Waals surface area contributed by atoms with Crippen LogP contribution in [0, 0.1) is 0 Å². The van der Waals surface area contributed by atoms with Crippen LogP contribution in [-0.2, 0) is 7.05 Å². The largest absolute Gasteiger partial charge is 0.478 e. The third-order valence-corrected chi connectivity index (χ3v) is 7.72. The molecule has 2 heterocycles. The number of nitrogens with zero attached hydrogens (tertiary/aromatic N) is 3. The van der Waals surface area contributed by atoms with Crippen molar-refractivity contribution in [2.45, 2.75) is 57.0 Å². The van der Waals surface area contributed by atoms with Gasteiger partial charge in [0.2, 0.25) is 0 Å². The summed E-state index contributed by atoms with van der Waals surface area (Å²) >= 11 is 0. The average Bonchev–Trinajstić information content (AvgIpc) is 3.70. The van der Waals surface area contributed by atoms with Crippen LogP contribution < -0.4 is 26.4 Å². The number of carbonyl (C=O) groups excluding carboxylic acids is 1. The number of ether oxygens (including phenoxy) is 1. The zero-order valence-electron chi connectivity index (χ0n) is 23.4. The van der Waals surface area contributed by atoms with Gasteiger partial charge >= 0.3 is 0 Å². The standard InChI is InChI=1S/C32H37N7O2/c1-39-19-23(18-34-39)27-14-13-26(17-29(27)41-20-33)35-30-16-15-28(31(38-30)36-24-5-3-2-4-6-24)21-7-9-22(10-8-21)32(40)37-25-11-12-25/h7-10,13-19,24-25H,2-6,11-12,20,33H2,1H3,(H,37,40)(H2,35,36,38). The maximum Gasteiger partial charge on any atom is 0.251 e. The minimum absolute atomic E-state index is 0.00944. The summed E-state index contributed by atoms with van der Waals surface area (Å²) < 4.78 is 7.53. The van der Waals surface area contributed by atoms with Gasteiger partial charge in [0.25, 0.3) is 5.91 Å². The number of pyridine rings is 1. The minimum Gasteiger partial charge on any atom is -0.478 e. The molecule has 5 N–H and O–H groups in total. The van der Waals surface area contributed by atoms with Crippen LogP contribution in [0.15, 0.2) is 67.0 Å². The molecule has 4 aromatic rings. The molecule has 0 aliphatic heterocycles. The predicted octanol–water partition coefficient (Wildman–Crippen LogP) is 5.82. The zero-order chi connectivity index (χ0) is 28.2. The summed E-state index contributed by atoms with van der Waals surface area (Å²) in [6.45, 7) is 0.0696. The molecular weight excluding hydrogens is 514 g/mol. The maximum absolute atomic E-state index is 12.5. The first-order valence-corrected chi connectivity index (χ1v) is 14.5. The summed E-state index contributed by atoms with van der Waals surface area (Å²) in [5.41, 5.74) is 11.2. The molecule has 2 fully saturated rings. The number of carbonyl (C=O) groups is 1. The number of hydrogen-bond acceptors (Lipinski definition) is 7. The molecule has 0 atom stereocenters. The Balaban J connectivity index is 1.27. The highest BCUT2D eigenvalue weighted by Gasteiger charge is 2.24. The molecule has 0 bridgehead atoms. The Labute approximate surface area is 240 Å². The number of rotatable bonds is 10. The van der Waals surface area contributed by atoms with Crippen LogP contribution in [0.25, 0.3) is 22.3 Å². The summed E-state index contributed by atoms with van der Waals surface area (Å²) in [7, 11) is 1.89. The van der Waals surface area contributed by atoms with E-state index in [1.807, 2.05) is 61.8 Å². The molecule has 0 saturated heterocycles. The Morgan fingerprint density at radius 3 is 2.44 bits per heavy atom. The Hall–Kier alpha value is -4.37. The molecule has 1 amide bonds. The Kier molecular flexibility index (Phi) is 7.86. The van der Waals surface area contributed by atoms with E-state index in [0.717, 1.165) is 65.3 Å². The van der Waals surface area contributed by atoms with E-state index in [0.29, 0.717) is 23.4 Å². The van der Waals surface area contributed by atoms with E-state index in [1.165, 1.54) is 19.3 Å². The second-order valence-corrected chi connectivity index (χ2v) is 10.9. The van der Waals surface area contributed by atoms with Crippen LogP contribution in [0.1, 0.15) is 55.3 Å². The van der Waals surface area contributed by atoms with Crippen molar-refractivity contribution < 1.29 is 9.53 Å². The molecule has 6 rings (SSSR count). The molecule has 2 aromatic carbocycles. The molecule has 0 unspecified atom stereocenters. The van der Waals surface area contributed by atoms with Gasteiger partial charge in [0.1, 0.15) is 24.1 Å². The number of aromatic nitrogens is 3. The zero-order valence-corrected chi connectivity index (χ0v) is 23.4. The van der Waals surface area contributed by atoms with Crippen molar-refractivity contribution in [3.05, 3.63) is 72.6 Å². The van der Waals surface area contributed by atoms with E-state index in [1.54, 1.807) is 10.9 Å². The molecule has 2 aliphatic rings. The van der Waals surface area contributed by atoms with Crippen molar-refractivity contribution in [2.24, 2.45) is 12.8 Å². The third-order valence-electron chi connectivity index (χ3n) is 7.72. The number of hydrogen-bond donors (Lipinski definition) is 4. The van der Waals surface area contributed by atoms with Gasteiger partial charge in [0.05, 0.1) is 6.20 Å². The van der Waals surface area contributed by atoms with Crippen molar-refractivity contribution in [1.82, 2.24) is 20.1 Å². The molecular formula is C32H37N7O2. The molecule has 0 spiro atoms. The highest BCUT2D eigenvalue weighted by molar-refractivity contribution is 5.95. The smallest absolute Gasteiger partial charge is 0.251 e. The van der Waals surface area contributed by atoms with Crippen molar-refractivity contribution >= 4 is 23.2 Å². The quantitative estimate of drug-likeness (QED) is 0.183. The van der Waals surface area contributed by atoms with Gasteiger partial charge in [-0.1, -0.05) is 31.4 Å². The summed E-state index contributed by atoms with van der Waals surface area (Å²) in [5, 5.41) is 14.5. The van der Waals surface area contributed by atoms with E-state index in [2.05, 4.69) is 27.1 Å². The maximum atomic E-state index is 12.5. The number of anilines is 3. The molecule has 9 nitrogen and oxygen atoms in total. The number of nitrogens with two attached hydrogens (primary N) is 1. The summed E-state index contributed by atoms with van der Waals surface area (Å²) in [5.74, 6) is 2.22. The molecule has 212 valence electrons.